The lowest BCUT2D eigenvalue weighted by Gasteiger charge is -2.08. The predicted molar refractivity (Wildman–Crippen MR) is 57.7 cm³/mol. The van der Waals surface area contributed by atoms with Crippen molar-refractivity contribution < 1.29 is 0 Å². The van der Waals surface area contributed by atoms with Crippen molar-refractivity contribution in [2.75, 3.05) is 0 Å². The molecule has 1 unspecified atom stereocenters. The molecule has 0 N–H and O–H groups in total. The van der Waals surface area contributed by atoms with Crippen LogP contribution in [0.1, 0.15) is 37.3 Å². The maximum atomic E-state index is 5.23. The first-order valence-corrected chi connectivity index (χ1v) is 4.80. The summed E-state index contributed by atoms with van der Waals surface area (Å²) in [4.78, 5) is 0. The molecule has 0 heteroatoms. The van der Waals surface area contributed by atoms with Gasteiger partial charge in [-0.05, 0) is 23.5 Å². The van der Waals surface area contributed by atoms with E-state index in [0.29, 0.717) is 5.92 Å². The molecular weight excluding hydrogens is 156 g/mol. The molecular formula is C13H16. The van der Waals surface area contributed by atoms with Crippen LogP contribution >= 0.6 is 0 Å². The normalized spacial score (nSPS) is 12.1. The summed E-state index contributed by atoms with van der Waals surface area (Å²) in [7, 11) is 0. The molecule has 68 valence electrons. The van der Waals surface area contributed by atoms with Gasteiger partial charge in [0.05, 0.1) is 0 Å². The number of rotatable bonds is 3. The predicted octanol–water partition coefficient (Wildman–Crippen LogP) is 3.38. The molecule has 0 amide bonds. The van der Waals surface area contributed by atoms with Crippen molar-refractivity contribution in [2.24, 2.45) is 0 Å². The van der Waals surface area contributed by atoms with E-state index in [4.69, 9.17) is 6.42 Å². The fourth-order valence-electron chi connectivity index (χ4n) is 1.32. The van der Waals surface area contributed by atoms with Crippen LogP contribution in [0, 0.1) is 12.3 Å². The third-order valence-electron chi connectivity index (χ3n) is 2.47. The highest BCUT2D eigenvalue weighted by atomic mass is 14.1. The molecule has 1 aromatic rings. The third-order valence-corrected chi connectivity index (χ3v) is 2.47. The Hall–Kier alpha value is -1.22. The van der Waals surface area contributed by atoms with Crippen LogP contribution in [0.25, 0.3) is 0 Å². The van der Waals surface area contributed by atoms with Crippen LogP contribution < -0.4 is 0 Å². The van der Waals surface area contributed by atoms with Gasteiger partial charge in [0.25, 0.3) is 0 Å². The summed E-state index contributed by atoms with van der Waals surface area (Å²) < 4.78 is 0. The van der Waals surface area contributed by atoms with Gasteiger partial charge >= 0.3 is 0 Å². The van der Waals surface area contributed by atoms with Crippen LogP contribution in [0.3, 0.4) is 0 Å². The van der Waals surface area contributed by atoms with Gasteiger partial charge in [0, 0.05) is 6.42 Å². The second-order valence-corrected chi connectivity index (χ2v) is 3.43. The smallest absolute Gasteiger partial charge is 0.0337 e. The highest BCUT2D eigenvalue weighted by Gasteiger charge is 2.01. The van der Waals surface area contributed by atoms with Crippen LogP contribution in [0.2, 0.25) is 0 Å². The van der Waals surface area contributed by atoms with Gasteiger partial charge in [-0.25, -0.2) is 0 Å². The number of benzene rings is 1. The minimum Gasteiger partial charge on any atom is -0.120 e. The van der Waals surface area contributed by atoms with E-state index >= 15 is 0 Å². The molecule has 0 aliphatic heterocycles. The van der Waals surface area contributed by atoms with E-state index in [1.165, 1.54) is 17.5 Å². The summed E-state index contributed by atoms with van der Waals surface area (Å²) in [5.41, 5.74) is 2.64. The lowest BCUT2D eigenvalue weighted by Crippen LogP contribution is -1.91. The van der Waals surface area contributed by atoms with E-state index in [9.17, 15) is 0 Å². The highest BCUT2D eigenvalue weighted by molar-refractivity contribution is 5.27. The van der Waals surface area contributed by atoms with E-state index < -0.39 is 0 Å². The molecule has 0 bridgehead atoms. The van der Waals surface area contributed by atoms with Crippen LogP contribution in [0.15, 0.2) is 24.3 Å². The largest absolute Gasteiger partial charge is 0.120 e. The van der Waals surface area contributed by atoms with Crippen molar-refractivity contribution in [3.05, 3.63) is 35.4 Å². The number of hydrogen-bond acceptors (Lipinski definition) is 0. The maximum Gasteiger partial charge on any atom is 0.0337 e. The zero-order chi connectivity index (χ0) is 9.68. The molecule has 0 saturated carbocycles. The second kappa shape index (κ2) is 4.72. The fourth-order valence-corrected chi connectivity index (χ4v) is 1.32. The lowest BCUT2D eigenvalue weighted by molar-refractivity contribution is 0.733. The second-order valence-electron chi connectivity index (χ2n) is 3.43. The van der Waals surface area contributed by atoms with Gasteiger partial charge < -0.3 is 0 Å². The minimum atomic E-state index is 0.653. The van der Waals surface area contributed by atoms with Gasteiger partial charge in [-0.1, -0.05) is 38.1 Å². The average Bonchev–Trinajstić information content (AvgIpc) is 2.18. The van der Waals surface area contributed by atoms with Gasteiger partial charge in [-0.15, -0.1) is 12.3 Å². The summed E-state index contributed by atoms with van der Waals surface area (Å²) >= 11 is 0. The van der Waals surface area contributed by atoms with Crippen molar-refractivity contribution in [3.63, 3.8) is 0 Å². The van der Waals surface area contributed by atoms with Gasteiger partial charge in [-0.3, -0.25) is 0 Å². The van der Waals surface area contributed by atoms with Crippen molar-refractivity contribution in [1.82, 2.24) is 0 Å². The number of terminal acetylenes is 1. The first-order valence-electron chi connectivity index (χ1n) is 4.80. The molecule has 0 aromatic heterocycles. The Morgan fingerprint density at radius 3 is 2.38 bits per heavy atom. The molecule has 13 heavy (non-hydrogen) atoms. The van der Waals surface area contributed by atoms with Gasteiger partial charge in [0.2, 0.25) is 0 Å². The molecule has 0 spiro atoms. The molecule has 0 nitrogen and oxygen atoms in total. The third kappa shape index (κ3) is 2.63. The van der Waals surface area contributed by atoms with Crippen molar-refractivity contribution in [2.45, 2.75) is 32.6 Å². The molecule has 0 radical (unpaired) electrons. The van der Waals surface area contributed by atoms with E-state index in [0.717, 1.165) is 6.42 Å². The Morgan fingerprint density at radius 2 is 1.92 bits per heavy atom. The Bertz CT molecular complexity index is 287. The standard InChI is InChI=1S/C13H16/c1-4-6-12-7-9-13(10-8-12)11(3)5-2/h1,7-11H,5-6H2,2-3H3. The summed E-state index contributed by atoms with van der Waals surface area (Å²) in [6, 6.07) is 8.62. The van der Waals surface area contributed by atoms with Crippen molar-refractivity contribution in [1.29, 1.82) is 0 Å². The zero-order valence-corrected chi connectivity index (χ0v) is 8.38. The quantitative estimate of drug-likeness (QED) is 0.613. The van der Waals surface area contributed by atoms with Crippen LogP contribution in [0.5, 0.6) is 0 Å². The molecule has 1 rings (SSSR count). The van der Waals surface area contributed by atoms with Crippen LogP contribution in [-0.4, -0.2) is 0 Å². The average molecular weight is 172 g/mol. The Kier molecular flexibility index (Phi) is 3.58. The number of hydrogen-bond donors (Lipinski definition) is 0. The topological polar surface area (TPSA) is 0 Å². The van der Waals surface area contributed by atoms with E-state index in [1.54, 1.807) is 0 Å². The van der Waals surface area contributed by atoms with E-state index in [-0.39, 0.29) is 0 Å². The Balaban J connectivity index is 2.76. The minimum absolute atomic E-state index is 0.653. The maximum absolute atomic E-state index is 5.23. The Labute approximate surface area is 81.0 Å². The van der Waals surface area contributed by atoms with Crippen LogP contribution in [-0.2, 0) is 6.42 Å². The summed E-state index contributed by atoms with van der Waals surface area (Å²) in [5.74, 6) is 3.30. The molecule has 0 aliphatic carbocycles. The zero-order valence-electron chi connectivity index (χ0n) is 8.38. The molecule has 1 aromatic carbocycles. The molecule has 0 saturated heterocycles. The first kappa shape index (κ1) is 9.86. The molecule has 0 heterocycles. The molecule has 0 aliphatic rings. The molecule has 0 fully saturated rings. The first-order chi connectivity index (χ1) is 6.27. The van der Waals surface area contributed by atoms with E-state index in [2.05, 4.69) is 44.0 Å². The Morgan fingerprint density at radius 1 is 1.31 bits per heavy atom. The van der Waals surface area contributed by atoms with Crippen molar-refractivity contribution in [3.8, 4) is 12.3 Å². The summed E-state index contributed by atoms with van der Waals surface area (Å²) in [6.45, 7) is 4.45. The van der Waals surface area contributed by atoms with E-state index in [1.807, 2.05) is 0 Å². The van der Waals surface area contributed by atoms with Crippen molar-refractivity contribution >= 4 is 0 Å². The molecule has 1 atom stereocenters. The fraction of sp³-hybridized carbons (Fsp3) is 0.385. The summed E-state index contributed by atoms with van der Waals surface area (Å²) in [6.07, 6.45) is 7.16. The SMILES string of the molecule is C#CCc1ccc(C(C)CC)cc1. The van der Waals surface area contributed by atoms with Gasteiger partial charge in [0.15, 0.2) is 0 Å². The monoisotopic (exact) mass is 172 g/mol. The summed E-state index contributed by atoms with van der Waals surface area (Å²) in [5, 5.41) is 0. The van der Waals surface area contributed by atoms with Gasteiger partial charge in [0.1, 0.15) is 0 Å². The van der Waals surface area contributed by atoms with Crippen LogP contribution in [0.4, 0.5) is 0 Å². The lowest BCUT2D eigenvalue weighted by atomic mass is 9.97. The highest BCUT2D eigenvalue weighted by Crippen LogP contribution is 2.18. The van der Waals surface area contributed by atoms with Gasteiger partial charge in [-0.2, -0.15) is 0 Å².